The monoisotopic (exact) mass is 519 g/mol. The summed E-state index contributed by atoms with van der Waals surface area (Å²) in [6.45, 7) is 4.31. The summed E-state index contributed by atoms with van der Waals surface area (Å²) in [7, 11) is 0. The first-order valence-electron chi connectivity index (χ1n) is 11.9. The molecule has 0 N–H and O–H groups in total. The van der Waals surface area contributed by atoms with Gasteiger partial charge in [0.2, 0.25) is 0 Å². The number of benzene rings is 3. The number of nitrogens with zero attached hydrogens (tertiary/aromatic N) is 1. The second kappa shape index (κ2) is 9.90. The average molecular weight is 520 g/mol. The van der Waals surface area contributed by atoms with Gasteiger partial charge in [-0.2, -0.15) is 0 Å². The minimum atomic E-state index is 1.15. The fraction of sp³-hybridized carbons (Fsp3) is 0.0625. The third-order valence-electron chi connectivity index (χ3n) is 6.12. The van der Waals surface area contributed by atoms with Gasteiger partial charge < -0.3 is 4.90 Å². The van der Waals surface area contributed by atoms with Crippen LogP contribution in [0, 0.1) is 13.8 Å². The van der Waals surface area contributed by atoms with Crippen molar-refractivity contribution in [3.05, 3.63) is 126 Å². The zero-order chi connectivity index (χ0) is 24.5. The molecule has 0 spiro atoms. The standard InChI is InChI=1S/C32H25NS3/c1-22-7-6-10-27(21-22)33(25-8-4-3-5-9-25)26-14-12-24(13-15-26)28-17-18-31(35-28)32-20-19-30(36-32)29-16-11-23(2)34-29/h3-21H,1-2H3. The summed E-state index contributed by atoms with van der Waals surface area (Å²) >= 11 is 5.60. The Kier molecular flexibility index (Phi) is 6.32. The molecule has 0 bridgehead atoms. The highest BCUT2D eigenvalue weighted by atomic mass is 32.1. The van der Waals surface area contributed by atoms with Crippen molar-refractivity contribution in [3.8, 4) is 29.9 Å². The summed E-state index contributed by atoms with van der Waals surface area (Å²) in [5, 5.41) is 0. The third kappa shape index (κ3) is 4.68. The van der Waals surface area contributed by atoms with E-state index in [4.69, 9.17) is 0 Å². The lowest BCUT2D eigenvalue weighted by Gasteiger charge is -2.26. The predicted octanol–water partition coefficient (Wildman–Crippen LogP) is 11.0. The Morgan fingerprint density at radius 2 is 1.00 bits per heavy atom. The van der Waals surface area contributed by atoms with E-state index in [1.807, 2.05) is 34.0 Å². The molecule has 176 valence electrons. The number of para-hydroxylation sites is 1. The van der Waals surface area contributed by atoms with Gasteiger partial charge in [-0.1, -0.05) is 42.5 Å². The van der Waals surface area contributed by atoms with Crippen LogP contribution in [0.1, 0.15) is 10.4 Å². The second-order valence-corrected chi connectivity index (χ2v) is 12.3. The SMILES string of the molecule is Cc1cccc(N(c2ccccc2)c2ccc(-c3ccc(-c4ccc(-c5ccc(C)s5)s4)s3)cc2)c1. The summed E-state index contributed by atoms with van der Waals surface area (Å²) in [6, 6.07) is 41.6. The maximum absolute atomic E-state index is 2.32. The topological polar surface area (TPSA) is 3.24 Å². The van der Waals surface area contributed by atoms with Gasteiger partial charge in [0.1, 0.15) is 0 Å². The van der Waals surface area contributed by atoms with E-state index in [2.05, 4.69) is 134 Å². The summed E-state index contributed by atoms with van der Waals surface area (Å²) in [5.74, 6) is 0. The van der Waals surface area contributed by atoms with Crippen LogP contribution in [0.3, 0.4) is 0 Å². The van der Waals surface area contributed by atoms with Crippen LogP contribution < -0.4 is 4.90 Å². The molecule has 3 heterocycles. The lowest BCUT2D eigenvalue weighted by Crippen LogP contribution is -2.09. The Bertz CT molecular complexity index is 1600. The van der Waals surface area contributed by atoms with Crippen molar-refractivity contribution in [2.45, 2.75) is 13.8 Å². The van der Waals surface area contributed by atoms with Crippen molar-refractivity contribution in [2.24, 2.45) is 0 Å². The highest BCUT2D eigenvalue weighted by molar-refractivity contribution is 7.27. The molecule has 0 radical (unpaired) electrons. The van der Waals surface area contributed by atoms with E-state index >= 15 is 0 Å². The van der Waals surface area contributed by atoms with Crippen molar-refractivity contribution in [1.29, 1.82) is 0 Å². The molecule has 3 aromatic heterocycles. The highest BCUT2D eigenvalue weighted by Crippen LogP contribution is 2.42. The van der Waals surface area contributed by atoms with Crippen molar-refractivity contribution < 1.29 is 0 Å². The van der Waals surface area contributed by atoms with E-state index in [-0.39, 0.29) is 0 Å². The largest absolute Gasteiger partial charge is 0.310 e. The number of aryl methyl sites for hydroxylation is 2. The Hall–Kier alpha value is -3.44. The summed E-state index contributed by atoms with van der Waals surface area (Å²) in [5.41, 5.74) is 5.98. The molecule has 0 aliphatic heterocycles. The zero-order valence-electron chi connectivity index (χ0n) is 20.1. The Balaban J connectivity index is 1.29. The molecule has 0 aliphatic carbocycles. The summed E-state index contributed by atoms with van der Waals surface area (Å²) in [6.07, 6.45) is 0. The fourth-order valence-corrected chi connectivity index (χ4v) is 7.43. The van der Waals surface area contributed by atoms with Crippen LogP contribution in [0.2, 0.25) is 0 Å². The number of anilines is 3. The van der Waals surface area contributed by atoms with Gasteiger partial charge in [-0.05, 0) is 97.8 Å². The normalized spacial score (nSPS) is 11.1. The van der Waals surface area contributed by atoms with E-state index in [9.17, 15) is 0 Å². The quantitative estimate of drug-likeness (QED) is 0.211. The number of hydrogen-bond acceptors (Lipinski definition) is 4. The van der Waals surface area contributed by atoms with Gasteiger partial charge in [0.15, 0.2) is 0 Å². The van der Waals surface area contributed by atoms with Crippen molar-refractivity contribution in [2.75, 3.05) is 4.90 Å². The number of thiophene rings is 3. The average Bonchev–Trinajstić information content (AvgIpc) is 3.66. The van der Waals surface area contributed by atoms with E-state index in [0.29, 0.717) is 0 Å². The highest BCUT2D eigenvalue weighted by Gasteiger charge is 2.14. The predicted molar refractivity (Wildman–Crippen MR) is 161 cm³/mol. The maximum atomic E-state index is 2.32. The van der Waals surface area contributed by atoms with Crippen LogP contribution in [-0.4, -0.2) is 0 Å². The first-order chi connectivity index (χ1) is 17.6. The lowest BCUT2D eigenvalue weighted by atomic mass is 10.1. The molecule has 0 atom stereocenters. The first kappa shape index (κ1) is 23.0. The van der Waals surface area contributed by atoms with Gasteiger partial charge >= 0.3 is 0 Å². The maximum Gasteiger partial charge on any atom is 0.0464 e. The second-order valence-electron chi connectivity index (χ2n) is 8.79. The van der Waals surface area contributed by atoms with E-state index < -0.39 is 0 Å². The molecule has 6 aromatic rings. The van der Waals surface area contributed by atoms with Crippen molar-refractivity contribution >= 4 is 51.1 Å². The van der Waals surface area contributed by atoms with Crippen LogP contribution in [0.15, 0.2) is 115 Å². The van der Waals surface area contributed by atoms with Crippen molar-refractivity contribution in [1.82, 2.24) is 0 Å². The molecule has 0 unspecified atom stereocenters. The van der Waals surface area contributed by atoms with Crippen LogP contribution in [0.4, 0.5) is 17.1 Å². The minimum absolute atomic E-state index is 1.15. The lowest BCUT2D eigenvalue weighted by molar-refractivity contribution is 1.27. The summed E-state index contributed by atoms with van der Waals surface area (Å²) in [4.78, 5) is 10.3. The molecule has 0 saturated carbocycles. The van der Waals surface area contributed by atoms with Gasteiger partial charge in [0.25, 0.3) is 0 Å². The molecule has 3 aromatic carbocycles. The molecular formula is C32H25NS3. The first-order valence-corrected chi connectivity index (χ1v) is 14.4. The van der Waals surface area contributed by atoms with Gasteiger partial charge in [0, 0.05) is 46.3 Å². The molecule has 1 nitrogen and oxygen atoms in total. The Labute approximate surface area is 224 Å². The fourth-order valence-electron chi connectivity index (χ4n) is 4.36. The van der Waals surface area contributed by atoms with Gasteiger partial charge in [-0.25, -0.2) is 0 Å². The van der Waals surface area contributed by atoms with Crippen LogP contribution in [0.5, 0.6) is 0 Å². The molecule has 0 saturated heterocycles. The number of rotatable bonds is 6. The summed E-state index contributed by atoms with van der Waals surface area (Å²) < 4.78 is 0. The molecular weight excluding hydrogens is 495 g/mol. The smallest absolute Gasteiger partial charge is 0.0464 e. The van der Waals surface area contributed by atoms with Crippen LogP contribution in [-0.2, 0) is 0 Å². The van der Waals surface area contributed by atoms with Crippen LogP contribution in [0.25, 0.3) is 29.9 Å². The molecule has 36 heavy (non-hydrogen) atoms. The van der Waals surface area contributed by atoms with Gasteiger partial charge in [0.05, 0.1) is 0 Å². The Morgan fingerprint density at radius 3 is 1.64 bits per heavy atom. The molecule has 0 fully saturated rings. The molecule has 0 amide bonds. The Morgan fingerprint density at radius 1 is 0.444 bits per heavy atom. The van der Waals surface area contributed by atoms with Crippen molar-refractivity contribution in [3.63, 3.8) is 0 Å². The minimum Gasteiger partial charge on any atom is -0.310 e. The van der Waals surface area contributed by atoms with E-state index in [1.54, 1.807) is 0 Å². The molecule has 0 aliphatic rings. The van der Waals surface area contributed by atoms with E-state index in [1.165, 1.54) is 46.1 Å². The zero-order valence-corrected chi connectivity index (χ0v) is 22.6. The third-order valence-corrected chi connectivity index (χ3v) is 9.73. The molecule has 6 rings (SSSR count). The number of hydrogen-bond donors (Lipinski definition) is 0. The van der Waals surface area contributed by atoms with Gasteiger partial charge in [-0.3, -0.25) is 0 Å². The van der Waals surface area contributed by atoms with E-state index in [0.717, 1.165) is 11.4 Å². The van der Waals surface area contributed by atoms with Gasteiger partial charge in [-0.15, -0.1) is 34.0 Å². The molecule has 4 heteroatoms. The van der Waals surface area contributed by atoms with Crippen LogP contribution >= 0.6 is 34.0 Å².